The van der Waals surface area contributed by atoms with E-state index in [1.54, 1.807) is 0 Å². The molecule has 0 aliphatic heterocycles. The van der Waals surface area contributed by atoms with E-state index >= 15 is 0 Å². The van der Waals surface area contributed by atoms with Crippen LogP contribution in [0.25, 0.3) is 72.5 Å². The molecule has 0 fully saturated rings. The number of benzene rings is 8. The van der Waals surface area contributed by atoms with Gasteiger partial charge in [-0.15, -0.1) is 0 Å². The van der Waals surface area contributed by atoms with Gasteiger partial charge in [-0.1, -0.05) is 220 Å². The molecule has 1 aromatic heterocycles. The van der Waals surface area contributed by atoms with Crippen LogP contribution in [0.15, 0.2) is 224 Å². The molecule has 1 nitrogen and oxygen atoms in total. The van der Waals surface area contributed by atoms with Crippen molar-refractivity contribution in [3.8, 4) is 66.9 Å². The summed E-state index contributed by atoms with van der Waals surface area (Å²) in [5.74, 6) is 0. The highest BCUT2D eigenvalue weighted by molar-refractivity contribution is 5.99. The quantitative estimate of drug-likeness (QED) is 0.163. The average molecular weight is 818 g/mol. The largest absolute Gasteiger partial charge is 0.248 e. The van der Waals surface area contributed by atoms with Gasteiger partial charge < -0.3 is 0 Å². The molecule has 0 saturated carbocycles. The summed E-state index contributed by atoms with van der Waals surface area (Å²) in [4.78, 5) is 5.34. The Labute approximate surface area is 376 Å². The second-order valence-corrected chi connectivity index (χ2v) is 18.1. The Kier molecular flexibility index (Phi) is 8.95. The van der Waals surface area contributed by atoms with E-state index in [1.807, 2.05) is 0 Å². The molecule has 0 saturated heterocycles. The standard InChI is InChI=1S/C63H47N/c1-62(2)54-28-14-16-30-56(54)63(57-31-17-15-29-55(57)62)53-38-37-47(42-33-35-44(36-34-42)50-26-13-12-25-49(50)43-19-6-3-7-20-43)39-52(53)61-51(27-18-32-58(61)63)48-40-59(45-21-8-4-9-22-45)64-60(41-48)46-23-10-5-11-24-46/h3-4,6-10,12-41H,5,11H2,1-2H3. The lowest BCUT2D eigenvalue weighted by molar-refractivity contribution is 0.563. The third-order valence-corrected chi connectivity index (χ3v) is 14.2. The van der Waals surface area contributed by atoms with E-state index in [0.29, 0.717) is 0 Å². The zero-order chi connectivity index (χ0) is 42.8. The molecule has 1 heteroatoms. The summed E-state index contributed by atoms with van der Waals surface area (Å²) in [6, 6.07) is 76.7. The van der Waals surface area contributed by atoms with Gasteiger partial charge in [0.25, 0.3) is 0 Å². The van der Waals surface area contributed by atoms with Crippen molar-refractivity contribution in [2.45, 2.75) is 37.5 Å². The van der Waals surface area contributed by atoms with Gasteiger partial charge in [-0.3, -0.25) is 0 Å². The van der Waals surface area contributed by atoms with Crippen LogP contribution in [0.2, 0.25) is 0 Å². The Bertz CT molecular complexity index is 3280. The third-order valence-electron chi connectivity index (χ3n) is 14.2. The number of aromatic nitrogens is 1. The molecule has 0 bridgehead atoms. The topological polar surface area (TPSA) is 12.9 Å². The molecule has 12 rings (SSSR count). The number of rotatable bonds is 6. The van der Waals surface area contributed by atoms with Crippen molar-refractivity contribution in [2.24, 2.45) is 0 Å². The lowest BCUT2D eigenvalue weighted by Gasteiger charge is -2.46. The van der Waals surface area contributed by atoms with Gasteiger partial charge in [0.15, 0.2) is 0 Å². The molecule has 64 heavy (non-hydrogen) atoms. The van der Waals surface area contributed by atoms with E-state index in [1.165, 1.54) is 94.6 Å². The van der Waals surface area contributed by atoms with E-state index < -0.39 is 5.41 Å². The highest BCUT2D eigenvalue weighted by Crippen LogP contribution is 2.63. The molecule has 9 aromatic rings. The van der Waals surface area contributed by atoms with Gasteiger partial charge >= 0.3 is 0 Å². The molecule has 0 unspecified atom stereocenters. The number of pyridine rings is 1. The zero-order valence-corrected chi connectivity index (χ0v) is 36.2. The summed E-state index contributed by atoms with van der Waals surface area (Å²) < 4.78 is 0. The maximum atomic E-state index is 5.34. The van der Waals surface area contributed by atoms with Crippen molar-refractivity contribution >= 4 is 5.57 Å². The highest BCUT2D eigenvalue weighted by Gasteiger charge is 2.53. The summed E-state index contributed by atoms with van der Waals surface area (Å²) in [6.07, 6.45) is 8.95. The van der Waals surface area contributed by atoms with E-state index in [9.17, 15) is 0 Å². The van der Waals surface area contributed by atoms with E-state index in [2.05, 4.69) is 238 Å². The van der Waals surface area contributed by atoms with Gasteiger partial charge in [0, 0.05) is 11.0 Å². The molecule has 3 aliphatic carbocycles. The van der Waals surface area contributed by atoms with Crippen LogP contribution in [0, 0.1) is 0 Å². The molecular weight excluding hydrogens is 771 g/mol. The minimum atomic E-state index is -0.514. The van der Waals surface area contributed by atoms with Crippen molar-refractivity contribution in [1.29, 1.82) is 0 Å². The normalized spacial score (nSPS) is 14.9. The molecule has 1 heterocycles. The molecule has 0 amide bonds. The van der Waals surface area contributed by atoms with Crippen molar-refractivity contribution in [3.05, 3.63) is 264 Å². The monoisotopic (exact) mass is 817 g/mol. The molecule has 1 spiro atoms. The fourth-order valence-electron chi connectivity index (χ4n) is 11.2. The number of hydrogen-bond acceptors (Lipinski definition) is 1. The predicted octanol–water partition coefficient (Wildman–Crippen LogP) is 16.2. The minimum Gasteiger partial charge on any atom is -0.248 e. The maximum Gasteiger partial charge on any atom is 0.0719 e. The summed E-state index contributed by atoms with van der Waals surface area (Å²) in [5.41, 5.74) is 24.0. The fraction of sp³-hybridized carbons (Fsp3) is 0.0952. The summed E-state index contributed by atoms with van der Waals surface area (Å²) in [6.45, 7) is 4.79. The molecule has 0 atom stereocenters. The maximum absolute atomic E-state index is 5.34. The molecule has 0 radical (unpaired) electrons. The van der Waals surface area contributed by atoms with Gasteiger partial charge in [0.2, 0.25) is 0 Å². The van der Waals surface area contributed by atoms with Crippen molar-refractivity contribution in [1.82, 2.24) is 4.98 Å². The molecular formula is C63H47N. The Balaban J connectivity index is 1.10. The van der Waals surface area contributed by atoms with Crippen LogP contribution in [0.1, 0.15) is 65.8 Å². The molecule has 3 aliphatic rings. The first-order chi connectivity index (χ1) is 31.5. The summed E-state index contributed by atoms with van der Waals surface area (Å²) >= 11 is 0. The zero-order valence-electron chi connectivity index (χ0n) is 36.2. The average Bonchev–Trinajstić information content (AvgIpc) is 3.67. The Morgan fingerprint density at radius 1 is 0.359 bits per heavy atom. The van der Waals surface area contributed by atoms with E-state index in [0.717, 1.165) is 29.8 Å². The van der Waals surface area contributed by atoms with Crippen LogP contribution >= 0.6 is 0 Å². The molecule has 304 valence electrons. The SMILES string of the molecule is CC1(C)c2ccccc2C2(c3ccc(-c4ccc(-c5ccccc5-c5ccccc5)cc4)cc3-c3c(-c4cc(C5=CCCC=C5)nc(-c5ccccc5)c4)cccc32)c2ccccc21. The Morgan fingerprint density at radius 2 is 0.891 bits per heavy atom. The third kappa shape index (κ3) is 5.88. The van der Waals surface area contributed by atoms with Gasteiger partial charge in [0.05, 0.1) is 16.8 Å². The van der Waals surface area contributed by atoms with Crippen LogP contribution in [0.3, 0.4) is 0 Å². The van der Waals surface area contributed by atoms with E-state index in [4.69, 9.17) is 4.98 Å². The summed E-state index contributed by atoms with van der Waals surface area (Å²) in [5, 5.41) is 0. The van der Waals surface area contributed by atoms with Crippen molar-refractivity contribution < 1.29 is 0 Å². The first-order valence-electron chi connectivity index (χ1n) is 22.7. The van der Waals surface area contributed by atoms with E-state index in [-0.39, 0.29) is 5.41 Å². The Hall–Kier alpha value is -7.61. The van der Waals surface area contributed by atoms with Gasteiger partial charge in [-0.05, 0) is 126 Å². The lowest BCUT2D eigenvalue weighted by Crippen LogP contribution is -2.40. The number of fused-ring (bicyclic) bond motifs is 9. The second kappa shape index (κ2) is 15.0. The van der Waals surface area contributed by atoms with Crippen molar-refractivity contribution in [3.63, 3.8) is 0 Å². The van der Waals surface area contributed by atoms with Crippen molar-refractivity contribution in [2.75, 3.05) is 0 Å². The van der Waals surface area contributed by atoms with Crippen LogP contribution in [0.4, 0.5) is 0 Å². The second-order valence-electron chi connectivity index (χ2n) is 18.1. The summed E-state index contributed by atoms with van der Waals surface area (Å²) in [7, 11) is 0. The predicted molar refractivity (Wildman–Crippen MR) is 267 cm³/mol. The van der Waals surface area contributed by atoms with Gasteiger partial charge in [-0.2, -0.15) is 0 Å². The first-order valence-corrected chi connectivity index (χ1v) is 22.7. The minimum absolute atomic E-state index is 0.175. The fourth-order valence-corrected chi connectivity index (χ4v) is 11.2. The highest BCUT2D eigenvalue weighted by atomic mass is 14.7. The smallest absolute Gasteiger partial charge is 0.0719 e. The lowest BCUT2D eigenvalue weighted by atomic mass is 9.55. The number of hydrogen-bond donors (Lipinski definition) is 0. The first kappa shape index (κ1) is 38.1. The number of allylic oxidation sites excluding steroid dienone is 4. The van der Waals surface area contributed by atoms with Crippen LogP contribution in [-0.2, 0) is 10.8 Å². The van der Waals surface area contributed by atoms with Gasteiger partial charge in [0.1, 0.15) is 0 Å². The van der Waals surface area contributed by atoms with Crippen LogP contribution in [0.5, 0.6) is 0 Å². The Morgan fingerprint density at radius 3 is 1.55 bits per heavy atom. The van der Waals surface area contributed by atoms with Crippen LogP contribution < -0.4 is 0 Å². The molecule has 0 N–H and O–H groups in total. The van der Waals surface area contributed by atoms with Gasteiger partial charge in [-0.25, -0.2) is 4.98 Å². The molecule has 8 aromatic carbocycles. The number of nitrogens with zero attached hydrogens (tertiary/aromatic N) is 1. The van der Waals surface area contributed by atoms with Crippen LogP contribution in [-0.4, -0.2) is 4.98 Å².